The molecule has 1 aliphatic heterocycles. The molecule has 1 unspecified atom stereocenters. The van der Waals surface area contributed by atoms with Gasteiger partial charge in [-0.3, -0.25) is 4.99 Å². The van der Waals surface area contributed by atoms with Crippen LogP contribution in [-0.4, -0.2) is 58.4 Å². The minimum absolute atomic E-state index is 0. The lowest BCUT2D eigenvalue weighted by atomic mass is 10.1. The zero-order valence-electron chi connectivity index (χ0n) is 15.9. The van der Waals surface area contributed by atoms with E-state index in [4.69, 9.17) is 25.8 Å². The fraction of sp³-hybridized carbons (Fsp3) is 0.611. The lowest BCUT2D eigenvalue weighted by Crippen LogP contribution is -2.39. The summed E-state index contributed by atoms with van der Waals surface area (Å²) in [6.45, 7) is 5.81. The van der Waals surface area contributed by atoms with Crippen LogP contribution >= 0.6 is 35.6 Å². The van der Waals surface area contributed by atoms with Crippen LogP contribution in [0.4, 0.5) is 0 Å². The van der Waals surface area contributed by atoms with Crippen molar-refractivity contribution in [3.63, 3.8) is 0 Å². The second kappa shape index (κ2) is 11.7. The standard InChI is InChI=1S/C18H28ClN3O3.HI/c1-5-25-17-15(19)8-14(9-16(17)24-4)10-21-18(20-2)22-7-6-13(11-22)12-23-3;/h8-9,13H,5-7,10-12H2,1-4H3,(H,20,21);1H. The third kappa shape index (κ3) is 6.06. The van der Waals surface area contributed by atoms with E-state index < -0.39 is 0 Å². The maximum Gasteiger partial charge on any atom is 0.193 e. The van der Waals surface area contributed by atoms with Crippen LogP contribution in [0.3, 0.4) is 0 Å². The van der Waals surface area contributed by atoms with Crippen molar-refractivity contribution < 1.29 is 14.2 Å². The number of aliphatic imine (C=N–C) groups is 1. The summed E-state index contributed by atoms with van der Waals surface area (Å²) >= 11 is 6.33. The number of hydrogen-bond acceptors (Lipinski definition) is 4. The molecule has 8 heteroatoms. The summed E-state index contributed by atoms with van der Waals surface area (Å²) in [6.07, 6.45) is 1.12. The molecule has 148 valence electrons. The van der Waals surface area contributed by atoms with Gasteiger partial charge in [-0.05, 0) is 31.0 Å². The fourth-order valence-electron chi connectivity index (χ4n) is 3.07. The molecule has 6 nitrogen and oxygen atoms in total. The Morgan fingerprint density at radius 1 is 1.38 bits per heavy atom. The van der Waals surface area contributed by atoms with Crippen LogP contribution < -0.4 is 14.8 Å². The first-order valence-electron chi connectivity index (χ1n) is 8.56. The molecule has 1 aromatic carbocycles. The molecule has 0 spiro atoms. The van der Waals surface area contributed by atoms with Crippen LogP contribution in [0.25, 0.3) is 0 Å². The van der Waals surface area contributed by atoms with Crippen LogP contribution in [-0.2, 0) is 11.3 Å². The summed E-state index contributed by atoms with van der Waals surface area (Å²) in [6, 6.07) is 3.84. The highest BCUT2D eigenvalue weighted by Gasteiger charge is 2.24. The Balaban J connectivity index is 0.00000338. The molecule has 0 radical (unpaired) electrons. The summed E-state index contributed by atoms with van der Waals surface area (Å²) in [4.78, 5) is 6.65. The van der Waals surface area contributed by atoms with E-state index in [2.05, 4.69) is 15.2 Å². The Morgan fingerprint density at radius 2 is 2.15 bits per heavy atom. The number of guanidine groups is 1. The Hall–Kier alpha value is -0.930. The van der Waals surface area contributed by atoms with Crippen LogP contribution in [0.15, 0.2) is 17.1 Å². The highest BCUT2D eigenvalue weighted by atomic mass is 127. The molecule has 0 amide bonds. The third-order valence-electron chi connectivity index (χ3n) is 4.23. The van der Waals surface area contributed by atoms with Gasteiger partial charge in [0.25, 0.3) is 0 Å². The van der Waals surface area contributed by atoms with Crippen molar-refractivity contribution >= 4 is 41.5 Å². The zero-order valence-corrected chi connectivity index (χ0v) is 19.0. The predicted octanol–water partition coefficient (Wildman–Crippen LogP) is 3.41. The number of ether oxygens (including phenoxy) is 3. The molecule has 1 atom stereocenters. The van der Waals surface area contributed by atoms with Gasteiger partial charge in [-0.2, -0.15) is 0 Å². The predicted molar refractivity (Wildman–Crippen MR) is 116 cm³/mol. The van der Waals surface area contributed by atoms with E-state index in [0.29, 0.717) is 35.6 Å². The SMILES string of the molecule is CCOc1c(Cl)cc(CNC(=NC)N2CCC(COC)C2)cc1OC.I. The van der Waals surface area contributed by atoms with Crippen molar-refractivity contribution in [2.75, 3.05) is 47.6 Å². The number of nitrogens with one attached hydrogen (secondary N) is 1. The van der Waals surface area contributed by atoms with Crippen molar-refractivity contribution in [1.29, 1.82) is 0 Å². The lowest BCUT2D eigenvalue weighted by Gasteiger charge is -2.22. The van der Waals surface area contributed by atoms with Crippen molar-refractivity contribution in [2.45, 2.75) is 19.9 Å². The van der Waals surface area contributed by atoms with E-state index >= 15 is 0 Å². The number of benzene rings is 1. The average molecular weight is 498 g/mol. The molecule has 1 aliphatic rings. The molecule has 1 saturated heterocycles. The van der Waals surface area contributed by atoms with Crippen molar-refractivity contribution in [3.8, 4) is 11.5 Å². The van der Waals surface area contributed by atoms with Crippen molar-refractivity contribution in [2.24, 2.45) is 10.9 Å². The maximum atomic E-state index is 6.33. The summed E-state index contributed by atoms with van der Waals surface area (Å²) in [5.41, 5.74) is 1.01. The maximum absolute atomic E-state index is 6.33. The van der Waals surface area contributed by atoms with Gasteiger partial charge >= 0.3 is 0 Å². The highest BCUT2D eigenvalue weighted by molar-refractivity contribution is 14.0. The van der Waals surface area contributed by atoms with Crippen LogP contribution in [0, 0.1) is 5.92 Å². The second-order valence-electron chi connectivity index (χ2n) is 6.00. The lowest BCUT2D eigenvalue weighted by molar-refractivity contribution is 0.157. The van der Waals surface area contributed by atoms with Gasteiger partial charge in [-0.25, -0.2) is 0 Å². The number of nitrogens with zero attached hydrogens (tertiary/aromatic N) is 2. The van der Waals surface area contributed by atoms with E-state index in [9.17, 15) is 0 Å². The van der Waals surface area contributed by atoms with E-state index in [0.717, 1.165) is 37.6 Å². The minimum Gasteiger partial charge on any atom is -0.493 e. The van der Waals surface area contributed by atoms with Crippen LogP contribution in [0.2, 0.25) is 5.02 Å². The Kier molecular flexibility index (Phi) is 10.4. The van der Waals surface area contributed by atoms with Gasteiger partial charge in [-0.15, -0.1) is 24.0 Å². The third-order valence-corrected chi connectivity index (χ3v) is 4.51. The smallest absolute Gasteiger partial charge is 0.193 e. The van der Waals surface area contributed by atoms with Gasteiger partial charge in [0, 0.05) is 39.7 Å². The van der Waals surface area contributed by atoms with E-state index in [1.54, 1.807) is 21.3 Å². The Bertz CT molecular complexity index is 601. The first-order chi connectivity index (χ1) is 12.1. The summed E-state index contributed by atoms with van der Waals surface area (Å²) < 4.78 is 16.2. The van der Waals surface area contributed by atoms with Gasteiger partial charge in [-0.1, -0.05) is 11.6 Å². The van der Waals surface area contributed by atoms with Gasteiger partial charge in [0.05, 0.1) is 25.3 Å². The molecule has 1 heterocycles. The molecule has 0 aromatic heterocycles. The minimum atomic E-state index is 0. The monoisotopic (exact) mass is 497 g/mol. The molecule has 0 bridgehead atoms. The molecule has 1 N–H and O–H groups in total. The average Bonchev–Trinajstić information content (AvgIpc) is 3.06. The van der Waals surface area contributed by atoms with Crippen molar-refractivity contribution in [3.05, 3.63) is 22.7 Å². The molecule has 0 saturated carbocycles. The van der Waals surface area contributed by atoms with Crippen molar-refractivity contribution in [1.82, 2.24) is 10.2 Å². The van der Waals surface area contributed by atoms with E-state index in [-0.39, 0.29) is 24.0 Å². The van der Waals surface area contributed by atoms with Crippen LogP contribution in [0.1, 0.15) is 18.9 Å². The molecule has 26 heavy (non-hydrogen) atoms. The van der Waals surface area contributed by atoms with E-state index in [1.807, 2.05) is 19.1 Å². The molecular formula is C18H29ClIN3O3. The molecule has 2 rings (SSSR count). The quantitative estimate of drug-likeness (QED) is 0.355. The summed E-state index contributed by atoms with van der Waals surface area (Å²) in [5.74, 6) is 2.68. The molecule has 1 fully saturated rings. The van der Waals surface area contributed by atoms with Gasteiger partial charge in [0.1, 0.15) is 0 Å². The number of methoxy groups -OCH3 is 2. The first-order valence-corrected chi connectivity index (χ1v) is 8.94. The highest BCUT2D eigenvalue weighted by Crippen LogP contribution is 2.36. The largest absolute Gasteiger partial charge is 0.493 e. The van der Waals surface area contributed by atoms with Gasteiger partial charge < -0.3 is 24.4 Å². The first kappa shape index (κ1) is 23.1. The number of likely N-dealkylation sites (tertiary alicyclic amines) is 1. The second-order valence-corrected chi connectivity index (χ2v) is 6.41. The Morgan fingerprint density at radius 3 is 2.77 bits per heavy atom. The molecular weight excluding hydrogens is 469 g/mol. The molecule has 0 aliphatic carbocycles. The van der Waals surface area contributed by atoms with Crippen LogP contribution in [0.5, 0.6) is 11.5 Å². The Labute approximate surface area is 178 Å². The number of rotatable bonds is 7. The van der Waals surface area contributed by atoms with E-state index in [1.165, 1.54) is 0 Å². The van der Waals surface area contributed by atoms with Gasteiger partial charge in [0.2, 0.25) is 0 Å². The zero-order chi connectivity index (χ0) is 18.2. The topological polar surface area (TPSA) is 55.3 Å². The van der Waals surface area contributed by atoms with Gasteiger partial charge in [0.15, 0.2) is 17.5 Å². The summed E-state index contributed by atoms with van der Waals surface area (Å²) in [5, 5.41) is 3.95. The number of halogens is 2. The normalized spacial score (nSPS) is 17.0. The number of hydrogen-bond donors (Lipinski definition) is 1. The fourth-order valence-corrected chi connectivity index (χ4v) is 3.36. The molecule has 1 aromatic rings. The summed E-state index contributed by atoms with van der Waals surface area (Å²) in [7, 11) is 5.17.